The number of aryl methyl sites for hydroxylation is 1. The van der Waals surface area contributed by atoms with Crippen molar-refractivity contribution in [2.45, 2.75) is 20.4 Å². The third kappa shape index (κ3) is 3.46. The van der Waals surface area contributed by atoms with Crippen molar-refractivity contribution < 1.29 is 5.11 Å². The van der Waals surface area contributed by atoms with Crippen LogP contribution in [-0.4, -0.2) is 18.3 Å². The molecule has 0 amide bonds. The molecular formula is C10H17NOS. The Morgan fingerprint density at radius 2 is 2.31 bits per heavy atom. The Kier molecular flexibility index (Phi) is 4.42. The zero-order valence-electron chi connectivity index (χ0n) is 8.21. The fraction of sp³-hybridized carbons (Fsp3) is 0.600. The second kappa shape index (κ2) is 5.37. The monoisotopic (exact) mass is 199 g/mol. The highest BCUT2D eigenvalue weighted by atomic mass is 32.1. The van der Waals surface area contributed by atoms with Crippen LogP contribution < -0.4 is 5.32 Å². The van der Waals surface area contributed by atoms with Gasteiger partial charge in [-0.2, -0.15) is 11.3 Å². The third-order valence-electron chi connectivity index (χ3n) is 2.08. The van der Waals surface area contributed by atoms with Crippen molar-refractivity contribution in [1.82, 2.24) is 5.32 Å². The Balaban J connectivity index is 2.24. The Labute approximate surface area is 83.6 Å². The molecule has 0 saturated heterocycles. The summed E-state index contributed by atoms with van der Waals surface area (Å²) < 4.78 is 0. The van der Waals surface area contributed by atoms with Gasteiger partial charge in [-0.05, 0) is 34.7 Å². The van der Waals surface area contributed by atoms with Crippen molar-refractivity contribution in [1.29, 1.82) is 0 Å². The highest BCUT2D eigenvalue weighted by Gasteiger charge is 2.01. The predicted molar refractivity (Wildman–Crippen MR) is 57.0 cm³/mol. The summed E-state index contributed by atoms with van der Waals surface area (Å²) in [5.41, 5.74) is 2.73. The van der Waals surface area contributed by atoms with Crippen LogP contribution in [0, 0.1) is 12.8 Å². The lowest BCUT2D eigenvalue weighted by Crippen LogP contribution is -2.22. The van der Waals surface area contributed by atoms with Gasteiger partial charge in [0, 0.05) is 19.7 Å². The van der Waals surface area contributed by atoms with E-state index in [-0.39, 0.29) is 6.61 Å². The molecule has 2 nitrogen and oxygen atoms in total. The van der Waals surface area contributed by atoms with Crippen LogP contribution in [-0.2, 0) is 6.54 Å². The normalized spacial score (nSPS) is 13.2. The van der Waals surface area contributed by atoms with E-state index in [4.69, 9.17) is 5.11 Å². The first-order chi connectivity index (χ1) is 6.24. The number of rotatable bonds is 5. The summed E-state index contributed by atoms with van der Waals surface area (Å²) in [4.78, 5) is 0. The second-order valence-corrected chi connectivity index (χ2v) is 4.24. The minimum Gasteiger partial charge on any atom is -0.396 e. The summed E-state index contributed by atoms with van der Waals surface area (Å²) in [6.45, 7) is 6.22. The average Bonchev–Trinajstić information content (AvgIpc) is 2.52. The highest BCUT2D eigenvalue weighted by Crippen LogP contribution is 2.12. The maximum atomic E-state index is 8.81. The molecule has 3 heteroatoms. The number of thiophene rings is 1. The quantitative estimate of drug-likeness (QED) is 0.757. The molecule has 1 aromatic rings. The number of hydrogen-bond donors (Lipinski definition) is 2. The molecule has 0 bridgehead atoms. The van der Waals surface area contributed by atoms with Gasteiger partial charge in [-0.25, -0.2) is 0 Å². The van der Waals surface area contributed by atoms with E-state index in [0.717, 1.165) is 13.1 Å². The van der Waals surface area contributed by atoms with Gasteiger partial charge in [-0.1, -0.05) is 6.92 Å². The molecule has 1 atom stereocenters. The number of aliphatic hydroxyl groups excluding tert-OH is 1. The first-order valence-corrected chi connectivity index (χ1v) is 5.51. The predicted octanol–water partition coefficient (Wildman–Crippen LogP) is 1.77. The van der Waals surface area contributed by atoms with Gasteiger partial charge >= 0.3 is 0 Å². The molecule has 1 aromatic heterocycles. The van der Waals surface area contributed by atoms with Gasteiger partial charge in [0.15, 0.2) is 0 Å². The molecule has 2 N–H and O–H groups in total. The summed E-state index contributed by atoms with van der Waals surface area (Å²) in [7, 11) is 0. The molecule has 0 radical (unpaired) electrons. The SMILES string of the molecule is Cc1cscc1CNCC(C)CO. The molecule has 0 aliphatic carbocycles. The first kappa shape index (κ1) is 10.7. The van der Waals surface area contributed by atoms with Gasteiger partial charge < -0.3 is 10.4 Å². The van der Waals surface area contributed by atoms with Gasteiger partial charge in [-0.3, -0.25) is 0 Å². The smallest absolute Gasteiger partial charge is 0.0468 e. The van der Waals surface area contributed by atoms with Crippen molar-refractivity contribution >= 4 is 11.3 Å². The van der Waals surface area contributed by atoms with Gasteiger partial charge in [0.1, 0.15) is 0 Å². The van der Waals surface area contributed by atoms with E-state index in [9.17, 15) is 0 Å². The first-order valence-electron chi connectivity index (χ1n) is 4.57. The lowest BCUT2D eigenvalue weighted by molar-refractivity contribution is 0.233. The van der Waals surface area contributed by atoms with Crippen LogP contribution in [0.15, 0.2) is 10.8 Å². The Morgan fingerprint density at radius 3 is 2.85 bits per heavy atom. The Hall–Kier alpha value is -0.380. The summed E-state index contributed by atoms with van der Waals surface area (Å²) in [6, 6.07) is 0. The van der Waals surface area contributed by atoms with E-state index < -0.39 is 0 Å². The summed E-state index contributed by atoms with van der Waals surface area (Å²) in [5, 5.41) is 16.5. The molecule has 0 aliphatic rings. The van der Waals surface area contributed by atoms with Crippen LogP contribution in [0.4, 0.5) is 0 Å². The molecule has 13 heavy (non-hydrogen) atoms. The zero-order valence-corrected chi connectivity index (χ0v) is 9.03. The van der Waals surface area contributed by atoms with Crippen molar-refractivity contribution in [2.24, 2.45) is 5.92 Å². The highest BCUT2D eigenvalue weighted by molar-refractivity contribution is 7.08. The van der Waals surface area contributed by atoms with Crippen LogP contribution in [0.5, 0.6) is 0 Å². The minimum atomic E-state index is 0.260. The Morgan fingerprint density at radius 1 is 1.54 bits per heavy atom. The minimum absolute atomic E-state index is 0.260. The molecule has 1 unspecified atom stereocenters. The maximum absolute atomic E-state index is 8.81. The molecule has 74 valence electrons. The molecule has 0 saturated carbocycles. The lowest BCUT2D eigenvalue weighted by atomic mass is 10.2. The molecule has 1 rings (SSSR count). The van der Waals surface area contributed by atoms with Crippen molar-refractivity contribution in [2.75, 3.05) is 13.2 Å². The van der Waals surface area contributed by atoms with Crippen LogP contribution in [0.3, 0.4) is 0 Å². The van der Waals surface area contributed by atoms with E-state index in [2.05, 4.69) is 23.0 Å². The molecule has 1 heterocycles. The van der Waals surface area contributed by atoms with Crippen LogP contribution >= 0.6 is 11.3 Å². The van der Waals surface area contributed by atoms with E-state index in [1.54, 1.807) is 11.3 Å². The lowest BCUT2D eigenvalue weighted by Gasteiger charge is -2.08. The second-order valence-electron chi connectivity index (χ2n) is 3.50. The van der Waals surface area contributed by atoms with Crippen LogP contribution in [0.25, 0.3) is 0 Å². The van der Waals surface area contributed by atoms with E-state index in [1.807, 2.05) is 6.92 Å². The van der Waals surface area contributed by atoms with Crippen molar-refractivity contribution in [3.8, 4) is 0 Å². The molecule has 0 fully saturated rings. The van der Waals surface area contributed by atoms with E-state index >= 15 is 0 Å². The van der Waals surface area contributed by atoms with Gasteiger partial charge in [0.2, 0.25) is 0 Å². The average molecular weight is 199 g/mol. The number of aliphatic hydroxyl groups is 1. The van der Waals surface area contributed by atoms with Gasteiger partial charge in [0.25, 0.3) is 0 Å². The van der Waals surface area contributed by atoms with E-state index in [1.165, 1.54) is 11.1 Å². The fourth-order valence-electron chi connectivity index (χ4n) is 1.09. The topological polar surface area (TPSA) is 32.3 Å². The standard InChI is InChI=1S/C10H17NOS/c1-8(5-12)3-11-4-10-7-13-6-9(10)2/h6-8,11-12H,3-5H2,1-2H3. The Bertz CT molecular complexity index is 247. The fourth-order valence-corrected chi connectivity index (χ4v) is 1.94. The summed E-state index contributed by atoms with van der Waals surface area (Å²) in [5.74, 6) is 0.346. The van der Waals surface area contributed by atoms with Gasteiger partial charge in [0.05, 0.1) is 0 Å². The van der Waals surface area contributed by atoms with Crippen LogP contribution in [0.1, 0.15) is 18.1 Å². The van der Waals surface area contributed by atoms with E-state index in [0.29, 0.717) is 5.92 Å². The summed E-state index contributed by atoms with van der Waals surface area (Å²) >= 11 is 1.74. The van der Waals surface area contributed by atoms with Crippen molar-refractivity contribution in [3.63, 3.8) is 0 Å². The zero-order chi connectivity index (χ0) is 9.68. The van der Waals surface area contributed by atoms with Crippen LogP contribution in [0.2, 0.25) is 0 Å². The summed E-state index contributed by atoms with van der Waals surface area (Å²) in [6.07, 6.45) is 0. The largest absolute Gasteiger partial charge is 0.396 e. The third-order valence-corrected chi connectivity index (χ3v) is 2.99. The van der Waals surface area contributed by atoms with Crippen molar-refractivity contribution in [3.05, 3.63) is 21.9 Å². The molecule has 0 spiro atoms. The molecule has 0 aliphatic heterocycles. The van der Waals surface area contributed by atoms with Gasteiger partial charge in [-0.15, -0.1) is 0 Å². The number of hydrogen-bond acceptors (Lipinski definition) is 3. The molecular weight excluding hydrogens is 182 g/mol. The number of nitrogens with one attached hydrogen (secondary N) is 1. The maximum Gasteiger partial charge on any atom is 0.0468 e. The molecule has 0 aromatic carbocycles.